The highest BCUT2D eigenvalue weighted by Crippen LogP contribution is 2.26. The molecule has 0 aliphatic carbocycles. The molecule has 0 aromatic rings. The van der Waals surface area contributed by atoms with Crippen LogP contribution in [0, 0.1) is 10.8 Å². The Labute approximate surface area is 239 Å². The lowest BCUT2D eigenvalue weighted by Gasteiger charge is -2.35. The lowest BCUT2D eigenvalue weighted by Crippen LogP contribution is -2.47. The summed E-state index contributed by atoms with van der Waals surface area (Å²) in [6.07, 6.45) is 2.90. The van der Waals surface area contributed by atoms with Crippen LogP contribution >= 0.6 is 0 Å². The quantitative estimate of drug-likeness (QED) is 0.103. The molecule has 0 aromatic carbocycles. The third-order valence-electron chi connectivity index (χ3n) is 5.36. The fraction of sp³-hybridized carbons (Fsp3) is 0.571. The lowest BCUT2D eigenvalue weighted by molar-refractivity contribution is -0.172. The summed E-state index contributed by atoms with van der Waals surface area (Å²) >= 11 is 0. The summed E-state index contributed by atoms with van der Waals surface area (Å²) in [5.74, 6) is -4.10. The van der Waals surface area contributed by atoms with Crippen molar-refractivity contribution in [2.75, 3.05) is 52.9 Å². The molecule has 0 N–H and O–H groups in total. The topological polar surface area (TPSA) is 167 Å². The smallest absolute Gasteiger partial charge is 0.330 e. The maximum Gasteiger partial charge on any atom is 0.330 e. The minimum atomic E-state index is -1.41. The molecule has 0 heterocycles. The van der Waals surface area contributed by atoms with Gasteiger partial charge in [0.1, 0.15) is 39.6 Å². The van der Waals surface area contributed by atoms with Gasteiger partial charge in [-0.2, -0.15) is 0 Å². The van der Waals surface area contributed by atoms with Crippen LogP contribution in [-0.2, 0) is 61.9 Å². The van der Waals surface area contributed by atoms with E-state index in [9.17, 15) is 28.8 Å². The monoisotopic (exact) mass is 584 g/mol. The average molecular weight is 585 g/mol. The molecule has 0 rings (SSSR count). The first-order valence-corrected chi connectivity index (χ1v) is 12.9. The van der Waals surface area contributed by atoms with Gasteiger partial charge in [0, 0.05) is 37.5 Å². The highest BCUT2D eigenvalue weighted by atomic mass is 16.6. The molecule has 0 radical (unpaired) electrons. The molecular formula is C28H40O13. The standard InChI is InChI=1S/C28H40O13/c1-7-21(29)36-15-27(16-37-22(30)8-2,17-38-23(31)9-3)13-35-14-28(18-39-24(32)10-4,19-40-25(33)11-5)20-41-26(34)12-6/h7-8,10H,1-2,4,9,11-20H2,3,5-6H3. The molecule has 0 aromatic heterocycles. The fourth-order valence-electron chi connectivity index (χ4n) is 2.84. The summed E-state index contributed by atoms with van der Waals surface area (Å²) in [5.41, 5.74) is -2.79. The van der Waals surface area contributed by atoms with E-state index in [0.29, 0.717) is 0 Å². The Kier molecular flexibility index (Phi) is 18.0. The molecule has 0 spiro atoms. The maximum atomic E-state index is 12.0. The van der Waals surface area contributed by atoms with Gasteiger partial charge < -0.3 is 33.2 Å². The molecule has 13 nitrogen and oxygen atoms in total. The number of ether oxygens (including phenoxy) is 7. The van der Waals surface area contributed by atoms with Crippen LogP contribution < -0.4 is 0 Å². The number of hydrogen-bond donors (Lipinski definition) is 0. The first-order chi connectivity index (χ1) is 19.4. The van der Waals surface area contributed by atoms with Crippen molar-refractivity contribution in [1.82, 2.24) is 0 Å². The van der Waals surface area contributed by atoms with Crippen LogP contribution in [0.3, 0.4) is 0 Å². The lowest BCUT2D eigenvalue weighted by atomic mass is 9.90. The summed E-state index contributed by atoms with van der Waals surface area (Å²) in [6, 6.07) is 0. The molecule has 0 bridgehead atoms. The molecule has 0 amide bonds. The van der Waals surface area contributed by atoms with Gasteiger partial charge in [-0.3, -0.25) is 14.4 Å². The number of esters is 6. The van der Waals surface area contributed by atoms with Gasteiger partial charge in [-0.05, 0) is 0 Å². The first-order valence-electron chi connectivity index (χ1n) is 12.9. The van der Waals surface area contributed by atoms with Crippen molar-refractivity contribution < 1.29 is 61.9 Å². The summed E-state index contributed by atoms with van der Waals surface area (Å²) < 4.78 is 37.4. The largest absolute Gasteiger partial charge is 0.465 e. The van der Waals surface area contributed by atoms with Gasteiger partial charge in [0.15, 0.2) is 0 Å². The Morgan fingerprint density at radius 3 is 0.927 bits per heavy atom. The molecule has 41 heavy (non-hydrogen) atoms. The number of hydrogen-bond acceptors (Lipinski definition) is 13. The number of carbonyl (C=O) groups is 6. The van der Waals surface area contributed by atoms with Gasteiger partial charge in [0.05, 0.1) is 24.0 Å². The second-order valence-corrected chi connectivity index (χ2v) is 8.97. The SMILES string of the molecule is C=CC(=O)OCC(COCC(COC(=O)C=C)(COC(=O)CC)COC(=O)CC)(COC(=O)C=C)COC(=O)CC. The molecule has 0 unspecified atom stereocenters. The minimum absolute atomic E-state index is 0.0409. The van der Waals surface area contributed by atoms with Gasteiger partial charge in [-0.1, -0.05) is 40.5 Å². The number of rotatable bonds is 22. The van der Waals surface area contributed by atoms with Crippen molar-refractivity contribution in [1.29, 1.82) is 0 Å². The van der Waals surface area contributed by atoms with Crippen LogP contribution in [0.25, 0.3) is 0 Å². The Balaban J connectivity index is 6.26. The minimum Gasteiger partial charge on any atom is -0.465 e. The summed E-state index contributed by atoms with van der Waals surface area (Å²) in [7, 11) is 0. The fourth-order valence-corrected chi connectivity index (χ4v) is 2.84. The predicted octanol–water partition coefficient (Wildman–Crippen LogP) is 2.02. The molecule has 0 atom stereocenters. The van der Waals surface area contributed by atoms with Crippen LogP contribution in [0.1, 0.15) is 40.0 Å². The van der Waals surface area contributed by atoms with E-state index in [2.05, 4.69) is 19.7 Å². The zero-order chi connectivity index (χ0) is 31.3. The van der Waals surface area contributed by atoms with Crippen LogP contribution in [0.5, 0.6) is 0 Å². The molecule has 0 fully saturated rings. The van der Waals surface area contributed by atoms with Crippen molar-refractivity contribution >= 4 is 35.8 Å². The van der Waals surface area contributed by atoms with Gasteiger partial charge in [-0.15, -0.1) is 0 Å². The van der Waals surface area contributed by atoms with E-state index in [0.717, 1.165) is 18.2 Å². The van der Waals surface area contributed by atoms with Gasteiger partial charge in [-0.25, -0.2) is 14.4 Å². The Hall–Kier alpha value is -4.00. The van der Waals surface area contributed by atoms with E-state index in [1.165, 1.54) is 0 Å². The van der Waals surface area contributed by atoms with Crippen LogP contribution in [0.4, 0.5) is 0 Å². The molecule has 0 aliphatic heterocycles. The second-order valence-electron chi connectivity index (χ2n) is 8.97. The zero-order valence-electron chi connectivity index (χ0n) is 23.9. The maximum absolute atomic E-state index is 12.0. The molecule has 0 saturated heterocycles. The third kappa shape index (κ3) is 15.4. The van der Waals surface area contributed by atoms with E-state index in [-0.39, 0.29) is 52.3 Å². The van der Waals surface area contributed by atoms with E-state index in [1.54, 1.807) is 20.8 Å². The van der Waals surface area contributed by atoms with E-state index in [4.69, 9.17) is 33.2 Å². The van der Waals surface area contributed by atoms with E-state index in [1.807, 2.05) is 0 Å². The Morgan fingerprint density at radius 1 is 0.463 bits per heavy atom. The Bertz CT molecular complexity index is 893. The third-order valence-corrected chi connectivity index (χ3v) is 5.36. The Morgan fingerprint density at radius 2 is 0.707 bits per heavy atom. The van der Waals surface area contributed by atoms with Crippen LogP contribution in [0.15, 0.2) is 38.0 Å². The first kappa shape index (κ1) is 37.0. The molecule has 0 saturated carbocycles. The van der Waals surface area contributed by atoms with Gasteiger partial charge >= 0.3 is 35.8 Å². The van der Waals surface area contributed by atoms with Crippen LogP contribution in [-0.4, -0.2) is 88.7 Å². The predicted molar refractivity (Wildman–Crippen MR) is 143 cm³/mol. The van der Waals surface area contributed by atoms with Crippen LogP contribution in [0.2, 0.25) is 0 Å². The van der Waals surface area contributed by atoms with Crippen molar-refractivity contribution in [3.05, 3.63) is 38.0 Å². The van der Waals surface area contributed by atoms with Gasteiger partial charge in [0.2, 0.25) is 0 Å². The molecular weight excluding hydrogens is 544 g/mol. The summed E-state index contributed by atoms with van der Waals surface area (Å²) in [4.78, 5) is 71.4. The summed E-state index contributed by atoms with van der Waals surface area (Å²) in [6.45, 7) is 11.7. The average Bonchev–Trinajstić information content (AvgIpc) is 3.00. The van der Waals surface area contributed by atoms with Gasteiger partial charge in [0.25, 0.3) is 0 Å². The molecule has 0 aliphatic rings. The highest BCUT2D eigenvalue weighted by Gasteiger charge is 2.40. The van der Waals surface area contributed by atoms with E-state index >= 15 is 0 Å². The molecule has 13 heteroatoms. The second kappa shape index (κ2) is 20.0. The summed E-state index contributed by atoms with van der Waals surface area (Å²) in [5, 5.41) is 0. The van der Waals surface area contributed by atoms with Crippen molar-refractivity contribution in [2.24, 2.45) is 10.8 Å². The molecule has 230 valence electrons. The normalized spacial score (nSPS) is 10.9. The highest BCUT2D eigenvalue weighted by molar-refractivity contribution is 5.82. The van der Waals surface area contributed by atoms with Crippen molar-refractivity contribution in [3.63, 3.8) is 0 Å². The van der Waals surface area contributed by atoms with Crippen molar-refractivity contribution in [3.8, 4) is 0 Å². The van der Waals surface area contributed by atoms with E-state index < -0.39 is 66.5 Å². The zero-order valence-corrected chi connectivity index (χ0v) is 23.9. The van der Waals surface area contributed by atoms with Crippen molar-refractivity contribution in [2.45, 2.75) is 40.0 Å². The number of carbonyl (C=O) groups excluding carboxylic acids is 6.